The highest BCUT2D eigenvalue weighted by Crippen LogP contribution is 2.43. The van der Waals surface area contributed by atoms with Gasteiger partial charge in [-0.1, -0.05) is 6.42 Å². The van der Waals surface area contributed by atoms with Gasteiger partial charge in [0, 0.05) is 37.2 Å². The van der Waals surface area contributed by atoms with E-state index in [1.165, 1.54) is 6.07 Å². The Morgan fingerprint density at radius 3 is 2.69 bits per heavy atom. The lowest BCUT2D eigenvalue weighted by atomic mass is 9.66. The van der Waals surface area contributed by atoms with E-state index in [4.69, 9.17) is 5.73 Å². The van der Waals surface area contributed by atoms with E-state index in [2.05, 4.69) is 20.5 Å². The van der Waals surface area contributed by atoms with Gasteiger partial charge < -0.3 is 16.0 Å². The van der Waals surface area contributed by atoms with Crippen LogP contribution in [-0.4, -0.2) is 45.7 Å². The Morgan fingerprint density at radius 2 is 2.12 bits per heavy atom. The summed E-state index contributed by atoms with van der Waals surface area (Å²) in [7, 11) is 0. The predicted molar refractivity (Wildman–Crippen MR) is 94.1 cm³/mol. The molecule has 2 aromatic rings. The Bertz CT molecular complexity index is 802. The van der Waals surface area contributed by atoms with Gasteiger partial charge in [-0.15, -0.1) is 5.10 Å². The third-order valence-electron chi connectivity index (χ3n) is 5.48. The molecule has 0 spiro atoms. The zero-order chi connectivity index (χ0) is 18.1. The van der Waals surface area contributed by atoms with Gasteiger partial charge in [0.25, 0.3) is 0 Å². The molecule has 3 heterocycles. The summed E-state index contributed by atoms with van der Waals surface area (Å²) in [6.45, 7) is 1.74. The van der Waals surface area contributed by atoms with E-state index in [9.17, 15) is 9.18 Å². The third kappa shape index (κ3) is 2.95. The fourth-order valence-electron chi connectivity index (χ4n) is 3.64. The lowest BCUT2D eigenvalue weighted by molar-refractivity contribution is 0.158. The number of amides is 2. The molecule has 2 aliphatic rings. The summed E-state index contributed by atoms with van der Waals surface area (Å²) in [6.07, 6.45) is 4.52. The smallest absolute Gasteiger partial charge is 0.314 e. The van der Waals surface area contributed by atoms with Crippen LogP contribution in [0, 0.1) is 5.82 Å². The van der Waals surface area contributed by atoms with Gasteiger partial charge in [0.05, 0.1) is 11.4 Å². The molecule has 1 saturated carbocycles. The molecule has 1 saturated heterocycles. The molecule has 0 atom stereocenters. The van der Waals surface area contributed by atoms with Crippen molar-refractivity contribution in [3.63, 3.8) is 0 Å². The van der Waals surface area contributed by atoms with Crippen LogP contribution in [0.3, 0.4) is 0 Å². The summed E-state index contributed by atoms with van der Waals surface area (Å²) in [4.78, 5) is 16.9. The van der Waals surface area contributed by atoms with Gasteiger partial charge >= 0.3 is 6.03 Å². The molecule has 0 radical (unpaired) electrons. The number of carbonyl (C=O) groups is 1. The Kier molecular flexibility index (Phi) is 4.18. The molecular weight excluding hydrogens is 335 g/mol. The maximum Gasteiger partial charge on any atom is 0.314 e. The molecule has 26 heavy (non-hydrogen) atoms. The fraction of sp³-hybridized carbons (Fsp3) is 0.444. The lowest BCUT2D eigenvalue weighted by Gasteiger charge is -2.41. The number of primary amides is 1. The third-order valence-corrected chi connectivity index (χ3v) is 5.48. The fourth-order valence-corrected chi connectivity index (χ4v) is 3.64. The topological polar surface area (TPSA) is 97.0 Å². The summed E-state index contributed by atoms with van der Waals surface area (Å²) in [6, 6.07) is 6.46. The minimum atomic E-state index is -0.403. The second kappa shape index (κ2) is 6.51. The standard InChI is InChI=1S/C18H21FN6O/c19-13-3-1-8-21-16(13)18(6-2-7-18)11-22-15-5-4-14(23-24-15)12-9-25(10-12)17(20)26/h1,3-5,8,12H,2,6-7,9-11H2,(H2,20,26)(H,22,24). The molecule has 0 bridgehead atoms. The van der Waals surface area contributed by atoms with Crippen LogP contribution in [0.15, 0.2) is 30.5 Å². The van der Waals surface area contributed by atoms with Gasteiger partial charge in [-0.25, -0.2) is 9.18 Å². The summed E-state index contributed by atoms with van der Waals surface area (Å²) in [5.74, 6) is 0.589. The quantitative estimate of drug-likeness (QED) is 0.854. The van der Waals surface area contributed by atoms with E-state index < -0.39 is 6.03 Å². The van der Waals surface area contributed by atoms with Crippen molar-refractivity contribution in [1.29, 1.82) is 0 Å². The van der Waals surface area contributed by atoms with E-state index in [0.29, 0.717) is 31.1 Å². The molecule has 136 valence electrons. The zero-order valence-corrected chi connectivity index (χ0v) is 14.4. The largest absolute Gasteiger partial charge is 0.368 e. The SMILES string of the molecule is NC(=O)N1CC(c2ccc(NCC3(c4ncccc4F)CCC3)nn2)C1. The number of aromatic nitrogens is 3. The maximum atomic E-state index is 14.2. The number of nitrogens with one attached hydrogen (secondary N) is 1. The number of halogens is 1. The summed E-state index contributed by atoms with van der Waals surface area (Å²) < 4.78 is 14.2. The first-order valence-corrected chi connectivity index (χ1v) is 8.80. The number of hydrogen-bond acceptors (Lipinski definition) is 5. The molecule has 1 aliphatic heterocycles. The maximum absolute atomic E-state index is 14.2. The zero-order valence-electron chi connectivity index (χ0n) is 14.4. The first-order valence-electron chi connectivity index (χ1n) is 8.80. The van der Waals surface area contributed by atoms with E-state index in [1.807, 2.05) is 12.1 Å². The Hall–Kier alpha value is -2.77. The number of hydrogen-bond donors (Lipinski definition) is 2. The van der Waals surface area contributed by atoms with Crippen LogP contribution in [0.25, 0.3) is 0 Å². The van der Waals surface area contributed by atoms with Gasteiger partial charge in [-0.2, -0.15) is 5.10 Å². The van der Waals surface area contributed by atoms with Crippen LogP contribution in [0.4, 0.5) is 15.0 Å². The molecule has 0 unspecified atom stereocenters. The van der Waals surface area contributed by atoms with Gasteiger partial charge in [0.1, 0.15) is 11.6 Å². The van der Waals surface area contributed by atoms with Crippen molar-refractivity contribution in [2.75, 3.05) is 25.0 Å². The normalized spacial score (nSPS) is 18.7. The summed E-state index contributed by atoms with van der Waals surface area (Å²) in [5.41, 5.74) is 6.33. The minimum Gasteiger partial charge on any atom is -0.368 e. The molecule has 7 nitrogen and oxygen atoms in total. The van der Waals surface area contributed by atoms with Crippen LogP contribution in [0.1, 0.15) is 36.6 Å². The molecule has 2 fully saturated rings. The number of anilines is 1. The number of likely N-dealkylation sites (tertiary alicyclic amines) is 1. The Labute approximate surface area is 150 Å². The molecule has 0 aromatic carbocycles. The molecule has 2 aromatic heterocycles. The Balaban J connectivity index is 1.39. The number of carbonyl (C=O) groups excluding carboxylic acids is 1. The highest BCUT2D eigenvalue weighted by Gasteiger charge is 2.41. The summed E-state index contributed by atoms with van der Waals surface area (Å²) >= 11 is 0. The van der Waals surface area contributed by atoms with E-state index >= 15 is 0 Å². The molecule has 3 N–H and O–H groups in total. The van der Waals surface area contributed by atoms with E-state index in [1.54, 1.807) is 17.2 Å². The highest BCUT2D eigenvalue weighted by atomic mass is 19.1. The van der Waals surface area contributed by atoms with Crippen molar-refractivity contribution < 1.29 is 9.18 Å². The number of rotatable bonds is 5. The number of nitrogens with zero attached hydrogens (tertiary/aromatic N) is 4. The second-order valence-corrected chi connectivity index (χ2v) is 7.10. The molecular formula is C18H21FN6O. The first kappa shape index (κ1) is 16.7. The van der Waals surface area contributed by atoms with Crippen LogP contribution in [0.2, 0.25) is 0 Å². The molecule has 2 amide bonds. The van der Waals surface area contributed by atoms with Crippen molar-refractivity contribution in [2.24, 2.45) is 5.73 Å². The highest BCUT2D eigenvalue weighted by molar-refractivity contribution is 5.73. The average molecular weight is 356 g/mol. The minimum absolute atomic E-state index is 0.185. The predicted octanol–water partition coefficient (Wildman–Crippen LogP) is 2.02. The molecule has 8 heteroatoms. The van der Waals surface area contributed by atoms with Gasteiger partial charge in [0.15, 0.2) is 0 Å². The van der Waals surface area contributed by atoms with Crippen molar-refractivity contribution in [3.8, 4) is 0 Å². The van der Waals surface area contributed by atoms with Crippen molar-refractivity contribution in [1.82, 2.24) is 20.1 Å². The van der Waals surface area contributed by atoms with Gasteiger partial charge in [-0.3, -0.25) is 4.98 Å². The van der Waals surface area contributed by atoms with Crippen LogP contribution in [-0.2, 0) is 5.41 Å². The van der Waals surface area contributed by atoms with Gasteiger partial charge in [-0.05, 0) is 37.1 Å². The molecule has 4 rings (SSSR count). The van der Waals surface area contributed by atoms with Crippen LogP contribution >= 0.6 is 0 Å². The van der Waals surface area contributed by atoms with Crippen LogP contribution in [0.5, 0.6) is 0 Å². The number of pyridine rings is 1. The van der Waals surface area contributed by atoms with Crippen molar-refractivity contribution in [2.45, 2.75) is 30.6 Å². The number of nitrogens with two attached hydrogens (primary N) is 1. The van der Waals surface area contributed by atoms with Gasteiger partial charge in [0.2, 0.25) is 0 Å². The van der Waals surface area contributed by atoms with E-state index in [0.717, 1.165) is 25.0 Å². The lowest BCUT2D eigenvalue weighted by Crippen LogP contribution is -2.51. The van der Waals surface area contributed by atoms with Crippen molar-refractivity contribution in [3.05, 3.63) is 47.7 Å². The monoisotopic (exact) mass is 356 g/mol. The summed E-state index contributed by atoms with van der Waals surface area (Å²) in [5, 5.41) is 11.7. The Morgan fingerprint density at radius 1 is 1.31 bits per heavy atom. The second-order valence-electron chi connectivity index (χ2n) is 7.10. The first-order chi connectivity index (χ1) is 12.6. The number of urea groups is 1. The van der Waals surface area contributed by atoms with Crippen molar-refractivity contribution >= 4 is 11.8 Å². The van der Waals surface area contributed by atoms with E-state index in [-0.39, 0.29) is 17.2 Å². The average Bonchev–Trinajstić information content (AvgIpc) is 2.55. The van der Waals surface area contributed by atoms with Crippen LogP contribution < -0.4 is 11.1 Å². The molecule has 1 aliphatic carbocycles.